The Morgan fingerprint density at radius 1 is 1.28 bits per heavy atom. The summed E-state index contributed by atoms with van der Waals surface area (Å²) in [6, 6.07) is 0. The lowest BCUT2D eigenvalue weighted by molar-refractivity contribution is 0.426. The highest BCUT2D eigenvalue weighted by Gasteiger charge is 2.23. The van der Waals surface area contributed by atoms with Crippen molar-refractivity contribution in [2.75, 3.05) is 5.73 Å². The molecule has 96 valence electrons. The maximum absolute atomic E-state index is 12.0. The number of H-pyrrole nitrogens is 1. The summed E-state index contributed by atoms with van der Waals surface area (Å²) in [7, 11) is 0. The lowest BCUT2D eigenvalue weighted by Crippen LogP contribution is -2.23. The van der Waals surface area contributed by atoms with Crippen LogP contribution in [0.1, 0.15) is 49.5 Å². The molecule has 6 heteroatoms. The molecule has 18 heavy (non-hydrogen) atoms. The summed E-state index contributed by atoms with van der Waals surface area (Å²) in [5.74, 6) is 1.35. The SMILES string of the molecule is Cc1nc(C2CCCCC2)n2c(=O)[nH]c(N)nc12. The first-order valence-corrected chi connectivity index (χ1v) is 6.41. The van der Waals surface area contributed by atoms with Gasteiger partial charge in [0, 0.05) is 5.92 Å². The average molecular weight is 247 g/mol. The van der Waals surface area contributed by atoms with Crippen molar-refractivity contribution in [3.8, 4) is 0 Å². The van der Waals surface area contributed by atoms with Gasteiger partial charge in [-0.25, -0.2) is 14.2 Å². The van der Waals surface area contributed by atoms with E-state index in [1.807, 2.05) is 6.92 Å². The summed E-state index contributed by atoms with van der Waals surface area (Å²) in [6.45, 7) is 1.87. The van der Waals surface area contributed by atoms with Gasteiger partial charge in [0.1, 0.15) is 5.82 Å². The van der Waals surface area contributed by atoms with Crippen molar-refractivity contribution in [2.45, 2.75) is 44.9 Å². The number of anilines is 1. The summed E-state index contributed by atoms with van der Waals surface area (Å²) in [5.41, 5.74) is 6.69. The zero-order chi connectivity index (χ0) is 12.7. The Morgan fingerprint density at radius 2 is 2.00 bits per heavy atom. The molecule has 1 aliphatic rings. The molecule has 3 N–H and O–H groups in total. The van der Waals surface area contributed by atoms with Crippen LogP contribution in [0.4, 0.5) is 5.95 Å². The van der Waals surface area contributed by atoms with E-state index < -0.39 is 0 Å². The number of hydrogen-bond acceptors (Lipinski definition) is 4. The fourth-order valence-corrected chi connectivity index (χ4v) is 2.82. The van der Waals surface area contributed by atoms with Crippen LogP contribution in [-0.4, -0.2) is 19.4 Å². The van der Waals surface area contributed by atoms with Gasteiger partial charge in [0.05, 0.1) is 5.69 Å². The number of aromatic amines is 1. The molecule has 2 heterocycles. The third kappa shape index (κ3) is 1.68. The number of aromatic nitrogens is 4. The van der Waals surface area contributed by atoms with Gasteiger partial charge in [-0.3, -0.25) is 4.98 Å². The average Bonchev–Trinajstić information content (AvgIpc) is 2.68. The third-order valence-corrected chi connectivity index (χ3v) is 3.68. The standard InChI is InChI=1S/C12H17N5O/c1-7-9-15-11(13)16-12(18)17(9)10(14-7)8-5-3-2-4-6-8/h8H,2-6H2,1H3,(H3,13,15,16,18). The molecule has 0 aromatic carbocycles. The molecule has 6 nitrogen and oxygen atoms in total. The second-order valence-corrected chi connectivity index (χ2v) is 4.98. The molecule has 0 bridgehead atoms. The highest BCUT2D eigenvalue weighted by atomic mass is 16.1. The van der Waals surface area contributed by atoms with E-state index in [1.54, 1.807) is 4.40 Å². The Labute approximate surface area is 104 Å². The summed E-state index contributed by atoms with van der Waals surface area (Å²) in [4.78, 5) is 23.3. The smallest absolute Gasteiger partial charge is 0.335 e. The van der Waals surface area contributed by atoms with Crippen molar-refractivity contribution >= 4 is 11.6 Å². The quantitative estimate of drug-likeness (QED) is 0.796. The van der Waals surface area contributed by atoms with Gasteiger partial charge in [-0.05, 0) is 19.8 Å². The molecule has 1 aliphatic carbocycles. The van der Waals surface area contributed by atoms with Crippen molar-refractivity contribution in [2.24, 2.45) is 0 Å². The number of nitrogen functional groups attached to an aromatic ring is 1. The second-order valence-electron chi connectivity index (χ2n) is 4.98. The van der Waals surface area contributed by atoms with Crippen LogP contribution in [0.25, 0.3) is 5.65 Å². The first kappa shape index (κ1) is 11.3. The molecule has 2 aromatic rings. The topological polar surface area (TPSA) is 89.1 Å². The Morgan fingerprint density at radius 3 is 2.72 bits per heavy atom. The molecule has 0 aliphatic heterocycles. The predicted octanol–water partition coefficient (Wildman–Crippen LogP) is 1.36. The Balaban J connectivity index is 2.20. The summed E-state index contributed by atoms with van der Waals surface area (Å²) < 4.78 is 1.58. The van der Waals surface area contributed by atoms with Crippen LogP contribution in [0, 0.1) is 6.92 Å². The molecule has 0 radical (unpaired) electrons. The number of fused-ring (bicyclic) bond motifs is 1. The van der Waals surface area contributed by atoms with Crippen LogP contribution in [0.15, 0.2) is 4.79 Å². The molecule has 1 saturated carbocycles. The van der Waals surface area contributed by atoms with E-state index in [2.05, 4.69) is 15.0 Å². The van der Waals surface area contributed by atoms with Crippen LogP contribution in [0.5, 0.6) is 0 Å². The van der Waals surface area contributed by atoms with Gasteiger partial charge in [0.15, 0.2) is 5.65 Å². The number of nitrogens with one attached hydrogen (secondary N) is 1. The van der Waals surface area contributed by atoms with E-state index in [9.17, 15) is 4.79 Å². The van der Waals surface area contributed by atoms with E-state index in [1.165, 1.54) is 19.3 Å². The maximum atomic E-state index is 12.0. The fraction of sp³-hybridized carbons (Fsp3) is 0.583. The van der Waals surface area contributed by atoms with Crippen molar-refractivity contribution < 1.29 is 0 Å². The highest BCUT2D eigenvalue weighted by Crippen LogP contribution is 2.32. The number of nitrogens with zero attached hydrogens (tertiary/aromatic N) is 3. The van der Waals surface area contributed by atoms with Crippen molar-refractivity contribution in [1.29, 1.82) is 0 Å². The van der Waals surface area contributed by atoms with Crippen molar-refractivity contribution in [3.05, 3.63) is 22.0 Å². The minimum atomic E-state index is -0.237. The van der Waals surface area contributed by atoms with Gasteiger partial charge in [-0.2, -0.15) is 4.98 Å². The van der Waals surface area contributed by atoms with Crippen LogP contribution in [0.2, 0.25) is 0 Å². The van der Waals surface area contributed by atoms with E-state index in [0.29, 0.717) is 11.6 Å². The molecular weight excluding hydrogens is 230 g/mol. The normalized spacial score (nSPS) is 17.4. The molecule has 1 fully saturated rings. The van der Waals surface area contributed by atoms with E-state index in [-0.39, 0.29) is 11.6 Å². The molecule has 0 saturated heterocycles. The zero-order valence-electron chi connectivity index (χ0n) is 10.4. The Bertz CT molecular complexity index is 636. The number of imidazole rings is 1. The van der Waals surface area contributed by atoms with Crippen LogP contribution < -0.4 is 11.4 Å². The number of aryl methyl sites for hydroxylation is 1. The lowest BCUT2D eigenvalue weighted by atomic mass is 9.89. The zero-order valence-corrected chi connectivity index (χ0v) is 10.4. The van der Waals surface area contributed by atoms with Crippen LogP contribution >= 0.6 is 0 Å². The number of nitrogens with two attached hydrogens (primary N) is 1. The minimum Gasteiger partial charge on any atom is -0.369 e. The third-order valence-electron chi connectivity index (χ3n) is 3.68. The van der Waals surface area contributed by atoms with Gasteiger partial charge in [-0.1, -0.05) is 19.3 Å². The van der Waals surface area contributed by atoms with Gasteiger partial charge >= 0.3 is 5.69 Å². The van der Waals surface area contributed by atoms with Gasteiger partial charge in [0.2, 0.25) is 5.95 Å². The molecule has 2 aromatic heterocycles. The predicted molar refractivity (Wildman–Crippen MR) is 68.6 cm³/mol. The Hall–Kier alpha value is -1.85. The molecule has 0 unspecified atom stereocenters. The van der Waals surface area contributed by atoms with E-state index in [0.717, 1.165) is 24.4 Å². The fourth-order valence-electron chi connectivity index (χ4n) is 2.82. The van der Waals surface area contributed by atoms with Crippen molar-refractivity contribution in [3.63, 3.8) is 0 Å². The second kappa shape index (κ2) is 4.12. The van der Waals surface area contributed by atoms with E-state index >= 15 is 0 Å². The summed E-state index contributed by atoms with van der Waals surface area (Å²) in [6.07, 6.45) is 5.89. The number of hydrogen-bond donors (Lipinski definition) is 2. The Kier molecular flexibility index (Phi) is 2.57. The van der Waals surface area contributed by atoms with Gasteiger partial charge < -0.3 is 5.73 Å². The van der Waals surface area contributed by atoms with Crippen LogP contribution in [-0.2, 0) is 0 Å². The largest absolute Gasteiger partial charge is 0.369 e. The monoisotopic (exact) mass is 247 g/mol. The highest BCUT2D eigenvalue weighted by molar-refractivity contribution is 5.47. The number of rotatable bonds is 1. The first-order valence-electron chi connectivity index (χ1n) is 6.41. The van der Waals surface area contributed by atoms with Crippen LogP contribution in [0.3, 0.4) is 0 Å². The van der Waals surface area contributed by atoms with E-state index in [4.69, 9.17) is 5.73 Å². The molecular formula is C12H17N5O. The van der Waals surface area contributed by atoms with Gasteiger partial charge in [-0.15, -0.1) is 0 Å². The maximum Gasteiger partial charge on any atom is 0.335 e. The molecule has 3 rings (SSSR count). The molecule has 0 atom stereocenters. The summed E-state index contributed by atoms with van der Waals surface area (Å²) >= 11 is 0. The van der Waals surface area contributed by atoms with Crippen molar-refractivity contribution in [1.82, 2.24) is 19.4 Å². The summed E-state index contributed by atoms with van der Waals surface area (Å²) in [5, 5.41) is 0. The molecule has 0 amide bonds. The minimum absolute atomic E-state index is 0.144. The molecule has 0 spiro atoms. The lowest BCUT2D eigenvalue weighted by Gasteiger charge is -2.19. The first-order chi connectivity index (χ1) is 8.66. The van der Waals surface area contributed by atoms with Gasteiger partial charge in [0.25, 0.3) is 0 Å².